The van der Waals surface area contributed by atoms with Gasteiger partial charge in [-0.2, -0.15) is 4.72 Å². The molecule has 0 aliphatic heterocycles. The van der Waals surface area contributed by atoms with E-state index in [1.807, 2.05) is 13.8 Å². The molecule has 3 aromatic rings. The van der Waals surface area contributed by atoms with Crippen LogP contribution in [0, 0.1) is 6.92 Å². The summed E-state index contributed by atoms with van der Waals surface area (Å²) in [5, 5.41) is 0.787. The van der Waals surface area contributed by atoms with Crippen LogP contribution in [0.4, 0.5) is 0 Å². The number of carbonyl (C=O) groups is 1. The molecule has 1 heterocycles. The van der Waals surface area contributed by atoms with Crippen molar-refractivity contribution in [1.29, 1.82) is 0 Å². The number of benzene rings is 2. The van der Waals surface area contributed by atoms with Crippen molar-refractivity contribution in [3.63, 3.8) is 0 Å². The minimum Gasteiger partial charge on any atom is -0.425 e. The fraction of sp³-hybridized carbons (Fsp3) is 0.385. The topological polar surface area (TPSA) is 103 Å². The minimum absolute atomic E-state index is 0.0829. The third-order valence-electron chi connectivity index (χ3n) is 5.58. The molecule has 0 bridgehead atoms. The van der Waals surface area contributed by atoms with Gasteiger partial charge in [-0.05, 0) is 56.0 Å². The first kappa shape index (κ1) is 25.6. The fourth-order valence-corrected chi connectivity index (χ4v) is 4.86. The van der Waals surface area contributed by atoms with Crippen LogP contribution in [0.15, 0.2) is 62.6 Å². The highest BCUT2D eigenvalue weighted by Gasteiger charge is 2.27. The molecule has 8 heteroatoms. The van der Waals surface area contributed by atoms with Crippen LogP contribution in [-0.2, 0) is 21.2 Å². The molecule has 182 valence electrons. The molecule has 1 N–H and O–H groups in total. The monoisotopic (exact) mass is 485 g/mol. The van der Waals surface area contributed by atoms with Crippen molar-refractivity contribution in [2.75, 3.05) is 0 Å². The lowest BCUT2D eigenvalue weighted by molar-refractivity contribution is -0.136. The zero-order valence-electron chi connectivity index (χ0n) is 19.8. The first-order chi connectivity index (χ1) is 16.2. The zero-order valence-corrected chi connectivity index (χ0v) is 20.6. The number of aryl methyl sites for hydroxylation is 2. The third kappa shape index (κ3) is 6.55. The molecule has 0 fully saturated rings. The van der Waals surface area contributed by atoms with Crippen molar-refractivity contribution in [2.24, 2.45) is 0 Å². The molecule has 0 aliphatic rings. The van der Waals surface area contributed by atoms with E-state index in [4.69, 9.17) is 9.15 Å². The van der Waals surface area contributed by atoms with Gasteiger partial charge in [0.25, 0.3) is 0 Å². The van der Waals surface area contributed by atoms with E-state index in [-0.39, 0.29) is 10.6 Å². The molecular weight excluding hydrogens is 454 g/mol. The van der Waals surface area contributed by atoms with Gasteiger partial charge in [0.15, 0.2) is 0 Å². The summed E-state index contributed by atoms with van der Waals surface area (Å²) in [5.74, 6) is -0.530. The van der Waals surface area contributed by atoms with Gasteiger partial charge < -0.3 is 9.15 Å². The summed E-state index contributed by atoms with van der Waals surface area (Å²) < 4.78 is 39.0. The minimum atomic E-state index is -3.91. The smallest absolute Gasteiger partial charge is 0.336 e. The van der Waals surface area contributed by atoms with Crippen molar-refractivity contribution < 1.29 is 22.4 Å². The summed E-state index contributed by atoms with van der Waals surface area (Å²) in [4.78, 5) is 25.0. The summed E-state index contributed by atoms with van der Waals surface area (Å²) in [6.07, 6.45) is 4.41. The van der Waals surface area contributed by atoms with E-state index in [1.165, 1.54) is 24.3 Å². The molecule has 1 aromatic heterocycles. The van der Waals surface area contributed by atoms with Crippen LogP contribution in [0.25, 0.3) is 11.0 Å². The number of ether oxygens (including phenoxy) is 1. The van der Waals surface area contributed by atoms with Gasteiger partial charge in [0, 0.05) is 17.5 Å². The SMILES string of the molecule is CCCCc1cc(=O)oc2cc(OC(=O)[C@@H](CCCC)NS(=O)(=O)c3ccc(C)cc3)ccc12. The molecule has 2 aromatic carbocycles. The number of fused-ring (bicyclic) bond motifs is 1. The summed E-state index contributed by atoms with van der Waals surface area (Å²) in [6, 6.07) is 11.7. The molecule has 0 amide bonds. The Balaban J connectivity index is 1.83. The number of rotatable bonds is 11. The largest absolute Gasteiger partial charge is 0.425 e. The number of nitrogens with one attached hydrogen (secondary N) is 1. The van der Waals surface area contributed by atoms with Gasteiger partial charge in [-0.25, -0.2) is 18.0 Å². The van der Waals surface area contributed by atoms with E-state index >= 15 is 0 Å². The Kier molecular flexibility index (Phi) is 8.63. The number of hydrogen-bond donors (Lipinski definition) is 1. The number of esters is 1. The molecule has 0 radical (unpaired) electrons. The summed E-state index contributed by atoms with van der Waals surface area (Å²) in [7, 11) is -3.91. The second kappa shape index (κ2) is 11.4. The second-order valence-corrected chi connectivity index (χ2v) is 10.1. The Morgan fingerprint density at radius 3 is 2.41 bits per heavy atom. The van der Waals surface area contributed by atoms with Crippen LogP contribution >= 0.6 is 0 Å². The van der Waals surface area contributed by atoms with E-state index in [1.54, 1.807) is 24.3 Å². The maximum Gasteiger partial charge on any atom is 0.336 e. The molecule has 0 saturated carbocycles. The van der Waals surface area contributed by atoms with Gasteiger partial charge >= 0.3 is 11.6 Å². The van der Waals surface area contributed by atoms with Crippen molar-refractivity contribution in [3.8, 4) is 5.75 Å². The molecule has 7 nitrogen and oxygen atoms in total. The van der Waals surface area contributed by atoms with Crippen LogP contribution in [0.5, 0.6) is 5.75 Å². The van der Waals surface area contributed by atoms with Gasteiger partial charge in [-0.15, -0.1) is 0 Å². The normalized spacial score (nSPS) is 12.6. The lowest BCUT2D eigenvalue weighted by atomic mass is 10.0. The Morgan fingerprint density at radius 2 is 1.74 bits per heavy atom. The lowest BCUT2D eigenvalue weighted by Gasteiger charge is -2.18. The molecule has 0 unspecified atom stereocenters. The Labute approximate surface area is 200 Å². The standard InChI is InChI=1S/C26H31NO6S/c1-4-6-8-19-16-25(28)33-24-17-20(12-15-22(19)24)32-26(29)23(9-7-5-2)27-34(30,31)21-13-10-18(3)11-14-21/h10-17,23,27H,4-9H2,1-3H3/t23-/m1/s1. The predicted octanol–water partition coefficient (Wildman–Crippen LogP) is 4.89. The predicted molar refractivity (Wildman–Crippen MR) is 132 cm³/mol. The number of carbonyl (C=O) groups excluding carboxylic acids is 1. The first-order valence-electron chi connectivity index (χ1n) is 11.6. The van der Waals surface area contributed by atoms with E-state index < -0.39 is 27.7 Å². The molecule has 1 atom stereocenters. The molecule has 0 saturated heterocycles. The van der Waals surface area contributed by atoms with Crippen molar-refractivity contribution in [3.05, 3.63) is 70.1 Å². The van der Waals surface area contributed by atoms with Crippen LogP contribution < -0.4 is 15.1 Å². The molecular formula is C26H31NO6S. The maximum absolute atomic E-state index is 13.0. The van der Waals surface area contributed by atoms with Crippen LogP contribution in [-0.4, -0.2) is 20.4 Å². The van der Waals surface area contributed by atoms with E-state index in [9.17, 15) is 18.0 Å². The van der Waals surface area contributed by atoms with Crippen LogP contribution in [0.1, 0.15) is 57.1 Å². The zero-order chi connectivity index (χ0) is 24.7. The molecule has 34 heavy (non-hydrogen) atoms. The van der Waals surface area contributed by atoms with E-state index in [0.29, 0.717) is 18.4 Å². The summed E-state index contributed by atoms with van der Waals surface area (Å²) >= 11 is 0. The van der Waals surface area contributed by atoms with Crippen molar-refractivity contribution >= 4 is 27.0 Å². The van der Waals surface area contributed by atoms with Gasteiger partial charge in [-0.1, -0.05) is 50.8 Å². The Morgan fingerprint density at radius 1 is 1.03 bits per heavy atom. The lowest BCUT2D eigenvalue weighted by Crippen LogP contribution is -2.42. The van der Waals surface area contributed by atoms with Crippen molar-refractivity contribution in [2.45, 2.75) is 70.2 Å². The Hall–Kier alpha value is -2.97. The second-order valence-electron chi connectivity index (χ2n) is 8.40. The number of hydrogen-bond acceptors (Lipinski definition) is 6. The molecule has 0 aliphatic carbocycles. The first-order valence-corrected chi connectivity index (χ1v) is 13.1. The number of sulfonamides is 1. The molecule has 3 rings (SSSR count). The van der Waals surface area contributed by atoms with Gasteiger partial charge in [0.05, 0.1) is 4.90 Å². The quantitative estimate of drug-likeness (QED) is 0.236. The van der Waals surface area contributed by atoms with Gasteiger partial charge in [0.1, 0.15) is 17.4 Å². The average Bonchev–Trinajstić information content (AvgIpc) is 2.80. The summed E-state index contributed by atoms with van der Waals surface area (Å²) in [6.45, 7) is 5.90. The van der Waals surface area contributed by atoms with Crippen LogP contribution in [0.2, 0.25) is 0 Å². The molecule has 0 spiro atoms. The fourth-order valence-electron chi connectivity index (χ4n) is 3.64. The van der Waals surface area contributed by atoms with Crippen LogP contribution in [0.3, 0.4) is 0 Å². The average molecular weight is 486 g/mol. The van der Waals surface area contributed by atoms with Gasteiger partial charge in [-0.3, -0.25) is 0 Å². The van der Waals surface area contributed by atoms with E-state index in [2.05, 4.69) is 11.6 Å². The van der Waals surface area contributed by atoms with Crippen molar-refractivity contribution in [1.82, 2.24) is 4.72 Å². The third-order valence-corrected chi connectivity index (χ3v) is 7.07. The number of unbranched alkanes of at least 4 members (excludes halogenated alkanes) is 2. The Bertz CT molecular complexity index is 1300. The highest BCUT2D eigenvalue weighted by atomic mass is 32.2. The summed E-state index contributed by atoms with van der Waals surface area (Å²) in [5.41, 5.74) is 1.68. The van der Waals surface area contributed by atoms with E-state index in [0.717, 1.165) is 42.2 Å². The van der Waals surface area contributed by atoms with Gasteiger partial charge in [0.2, 0.25) is 10.0 Å². The highest BCUT2D eigenvalue weighted by molar-refractivity contribution is 7.89. The maximum atomic E-state index is 13.0. The highest BCUT2D eigenvalue weighted by Crippen LogP contribution is 2.24.